The molecule has 1 aromatic heterocycles. The molecule has 3 atom stereocenters. The summed E-state index contributed by atoms with van der Waals surface area (Å²) in [5.41, 5.74) is 0.674. The van der Waals surface area contributed by atoms with Gasteiger partial charge in [-0.2, -0.15) is 0 Å². The Morgan fingerprint density at radius 1 is 1.46 bits per heavy atom. The van der Waals surface area contributed by atoms with Crippen molar-refractivity contribution in [2.45, 2.75) is 25.5 Å². The SMILES string of the molecule is CC(O)C1C(=O)N2C(C(=O)O)=C(c3ccc(C(=S)N(C)C)s3)CC12. The number of aliphatic carboxylic acids is 1. The number of carboxylic acid groups (broad SMARTS) is 1. The van der Waals surface area contributed by atoms with Gasteiger partial charge in [-0.05, 0) is 25.5 Å². The van der Waals surface area contributed by atoms with Gasteiger partial charge in [0.1, 0.15) is 10.7 Å². The molecule has 1 aromatic rings. The molecule has 3 rings (SSSR count). The number of hydrogen-bond acceptors (Lipinski definition) is 5. The fraction of sp³-hybridized carbons (Fsp3) is 0.438. The van der Waals surface area contributed by atoms with E-state index in [-0.39, 0.29) is 17.6 Å². The number of carbonyl (C=O) groups is 2. The summed E-state index contributed by atoms with van der Waals surface area (Å²) in [7, 11) is 3.72. The second-order valence-electron chi connectivity index (χ2n) is 6.24. The Morgan fingerprint density at radius 3 is 2.67 bits per heavy atom. The molecule has 6 nitrogen and oxygen atoms in total. The quantitative estimate of drug-likeness (QED) is 0.619. The van der Waals surface area contributed by atoms with Crippen molar-refractivity contribution in [3.05, 3.63) is 27.6 Å². The fourth-order valence-electron chi connectivity index (χ4n) is 3.33. The molecule has 8 heteroatoms. The molecular weight excluding hydrogens is 348 g/mol. The number of carbonyl (C=O) groups excluding carboxylic acids is 1. The lowest BCUT2D eigenvalue weighted by atomic mass is 9.83. The van der Waals surface area contributed by atoms with Crippen molar-refractivity contribution in [2.24, 2.45) is 5.92 Å². The summed E-state index contributed by atoms with van der Waals surface area (Å²) in [6.45, 7) is 1.57. The second kappa shape index (κ2) is 5.94. The molecular formula is C16H18N2O4S2. The summed E-state index contributed by atoms with van der Waals surface area (Å²) in [6, 6.07) is 3.45. The van der Waals surface area contributed by atoms with Crippen molar-refractivity contribution >= 4 is 46.0 Å². The Bertz CT molecular complexity index is 766. The van der Waals surface area contributed by atoms with E-state index in [1.165, 1.54) is 16.2 Å². The van der Waals surface area contributed by atoms with Crippen LogP contribution in [0.2, 0.25) is 0 Å². The Morgan fingerprint density at radius 2 is 2.12 bits per heavy atom. The highest BCUT2D eigenvalue weighted by Gasteiger charge is 2.56. The number of rotatable bonds is 4. The van der Waals surface area contributed by atoms with Gasteiger partial charge in [0, 0.05) is 24.5 Å². The first kappa shape index (κ1) is 17.1. The zero-order chi connectivity index (χ0) is 17.8. The fourth-order valence-corrected chi connectivity index (χ4v) is 4.60. The number of aliphatic hydroxyl groups excluding tert-OH is 1. The van der Waals surface area contributed by atoms with Crippen molar-refractivity contribution in [3.63, 3.8) is 0 Å². The Balaban J connectivity index is 1.97. The van der Waals surface area contributed by atoms with Crippen LogP contribution in [0.25, 0.3) is 5.57 Å². The van der Waals surface area contributed by atoms with Gasteiger partial charge >= 0.3 is 5.97 Å². The minimum absolute atomic E-state index is 0.0334. The molecule has 24 heavy (non-hydrogen) atoms. The molecule has 0 saturated carbocycles. The summed E-state index contributed by atoms with van der Waals surface area (Å²) < 4.78 is 0. The lowest BCUT2D eigenvalue weighted by Gasteiger charge is -2.44. The van der Waals surface area contributed by atoms with Crippen LogP contribution in [-0.4, -0.2) is 63.1 Å². The van der Waals surface area contributed by atoms with E-state index in [9.17, 15) is 19.8 Å². The average molecular weight is 366 g/mol. The van der Waals surface area contributed by atoms with Crippen LogP contribution in [0.15, 0.2) is 17.8 Å². The van der Waals surface area contributed by atoms with Crippen LogP contribution in [-0.2, 0) is 9.59 Å². The van der Waals surface area contributed by atoms with Crippen molar-refractivity contribution in [2.75, 3.05) is 14.1 Å². The molecule has 0 radical (unpaired) electrons. The van der Waals surface area contributed by atoms with Gasteiger partial charge in [-0.1, -0.05) is 12.2 Å². The number of β-lactam (4-membered cyclic amide) rings is 1. The number of amides is 1. The van der Waals surface area contributed by atoms with Gasteiger partial charge in [0.25, 0.3) is 0 Å². The van der Waals surface area contributed by atoms with Gasteiger partial charge in [0.15, 0.2) is 0 Å². The van der Waals surface area contributed by atoms with Gasteiger partial charge in [0.2, 0.25) is 5.91 Å². The van der Waals surface area contributed by atoms with E-state index in [1.54, 1.807) is 6.92 Å². The van der Waals surface area contributed by atoms with E-state index in [0.29, 0.717) is 17.0 Å². The lowest BCUT2D eigenvalue weighted by Crippen LogP contribution is -2.61. The van der Waals surface area contributed by atoms with E-state index in [4.69, 9.17) is 12.2 Å². The molecule has 1 saturated heterocycles. The van der Waals surface area contributed by atoms with E-state index in [1.807, 2.05) is 31.1 Å². The van der Waals surface area contributed by atoms with Gasteiger partial charge in [-0.3, -0.25) is 4.79 Å². The topological polar surface area (TPSA) is 81.1 Å². The maximum absolute atomic E-state index is 12.2. The van der Waals surface area contributed by atoms with Crippen LogP contribution < -0.4 is 0 Å². The summed E-state index contributed by atoms with van der Waals surface area (Å²) in [5.74, 6) is -1.96. The van der Waals surface area contributed by atoms with E-state index >= 15 is 0 Å². The average Bonchev–Trinajstić information content (AvgIpc) is 3.07. The number of fused-ring (bicyclic) bond motifs is 1. The minimum Gasteiger partial charge on any atom is -0.477 e. The number of thiophene rings is 1. The number of carboxylic acids is 1. The van der Waals surface area contributed by atoms with Gasteiger partial charge < -0.3 is 20.0 Å². The smallest absolute Gasteiger partial charge is 0.352 e. The zero-order valence-electron chi connectivity index (χ0n) is 13.5. The second-order valence-corrected chi connectivity index (χ2v) is 7.71. The molecule has 0 aromatic carbocycles. The van der Waals surface area contributed by atoms with Crippen molar-refractivity contribution < 1.29 is 19.8 Å². The normalized spacial score (nSPS) is 23.8. The molecule has 0 spiro atoms. The summed E-state index contributed by atoms with van der Waals surface area (Å²) >= 11 is 6.78. The molecule has 128 valence electrons. The van der Waals surface area contributed by atoms with Crippen molar-refractivity contribution in [3.8, 4) is 0 Å². The van der Waals surface area contributed by atoms with Gasteiger partial charge in [0.05, 0.1) is 22.9 Å². The Kier molecular flexibility index (Phi) is 4.23. The zero-order valence-corrected chi connectivity index (χ0v) is 15.1. The standard InChI is InChI=1S/C16H18N2O4S2/c1-7(19)12-9-6-8(13(16(21)22)18(9)14(12)20)10-4-5-11(24-10)15(23)17(2)3/h4-5,7,9,12,19H,6H2,1-3H3,(H,21,22). The van der Waals surface area contributed by atoms with Crippen LogP contribution in [0.4, 0.5) is 0 Å². The third-order valence-corrected chi connectivity index (χ3v) is 6.32. The number of aliphatic hydroxyl groups is 1. The summed E-state index contributed by atoms with van der Waals surface area (Å²) in [4.78, 5) is 29.4. The highest BCUT2D eigenvalue weighted by atomic mass is 32.1. The first-order valence-electron chi connectivity index (χ1n) is 7.53. The van der Waals surface area contributed by atoms with Gasteiger partial charge in [-0.15, -0.1) is 11.3 Å². The molecule has 3 unspecified atom stereocenters. The van der Waals surface area contributed by atoms with E-state index in [0.717, 1.165) is 9.75 Å². The molecule has 2 aliphatic heterocycles. The first-order chi connectivity index (χ1) is 11.2. The summed E-state index contributed by atoms with van der Waals surface area (Å²) in [6.07, 6.45) is -0.342. The van der Waals surface area contributed by atoms with E-state index in [2.05, 4.69) is 0 Å². The third-order valence-electron chi connectivity index (χ3n) is 4.45. The van der Waals surface area contributed by atoms with Crippen LogP contribution >= 0.6 is 23.6 Å². The Hall–Kier alpha value is -1.77. The van der Waals surface area contributed by atoms with Gasteiger partial charge in [-0.25, -0.2) is 4.79 Å². The number of hydrogen-bond donors (Lipinski definition) is 2. The molecule has 2 aliphatic rings. The number of thiocarbonyl (C=S) groups is 1. The third kappa shape index (κ3) is 2.45. The minimum atomic E-state index is -1.12. The number of nitrogens with zero attached hydrogens (tertiary/aromatic N) is 2. The molecule has 0 aliphatic carbocycles. The molecule has 3 heterocycles. The first-order valence-corrected chi connectivity index (χ1v) is 8.76. The highest BCUT2D eigenvalue weighted by molar-refractivity contribution is 7.81. The van der Waals surface area contributed by atoms with Crippen LogP contribution in [0.1, 0.15) is 23.1 Å². The molecule has 1 fully saturated rings. The van der Waals surface area contributed by atoms with E-state index < -0.39 is 18.0 Å². The largest absolute Gasteiger partial charge is 0.477 e. The van der Waals surface area contributed by atoms with Crippen LogP contribution in [0, 0.1) is 5.92 Å². The van der Waals surface area contributed by atoms with Crippen molar-refractivity contribution in [1.29, 1.82) is 0 Å². The maximum atomic E-state index is 12.2. The van der Waals surface area contributed by atoms with Crippen LogP contribution in [0.5, 0.6) is 0 Å². The maximum Gasteiger partial charge on any atom is 0.352 e. The lowest BCUT2D eigenvalue weighted by molar-refractivity contribution is -0.161. The van der Waals surface area contributed by atoms with Crippen molar-refractivity contribution in [1.82, 2.24) is 9.80 Å². The predicted octanol–water partition coefficient (Wildman–Crippen LogP) is 1.39. The monoisotopic (exact) mass is 366 g/mol. The molecule has 0 bridgehead atoms. The Labute approximate surface area is 149 Å². The predicted molar refractivity (Wildman–Crippen MR) is 94.7 cm³/mol. The van der Waals surface area contributed by atoms with Crippen LogP contribution in [0.3, 0.4) is 0 Å². The summed E-state index contributed by atoms with van der Waals surface area (Å²) in [5, 5.41) is 19.3. The molecule has 2 N–H and O–H groups in total. The molecule has 1 amide bonds. The highest BCUT2D eigenvalue weighted by Crippen LogP contribution is 2.48.